The quantitative estimate of drug-likeness (QED) is 0.522. The summed E-state index contributed by atoms with van der Waals surface area (Å²) >= 11 is 0. The van der Waals surface area contributed by atoms with Crippen LogP contribution in [0.15, 0.2) is 48.5 Å². The Balaban J connectivity index is 2.11. The van der Waals surface area contributed by atoms with Gasteiger partial charge in [0.2, 0.25) is 0 Å². The van der Waals surface area contributed by atoms with Crippen LogP contribution in [-0.2, 0) is 19.1 Å². The lowest BCUT2D eigenvalue weighted by Crippen LogP contribution is -2.31. The van der Waals surface area contributed by atoms with Crippen molar-refractivity contribution in [2.75, 3.05) is 0 Å². The van der Waals surface area contributed by atoms with Gasteiger partial charge in [0, 0.05) is 0 Å². The Hall–Kier alpha value is -2.96. The lowest BCUT2D eigenvalue weighted by molar-refractivity contribution is -0.165. The summed E-state index contributed by atoms with van der Waals surface area (Å²) in [6, 6.07) is 11.0. The van der Waals surface area contributed by atoms with Crippen molar-refractivity contribution in [3.8, 4) is 5.75 Å². The van der Waals surface area contributed by atoms with E-state index in [-0.39, 0.29) is 6.42 Å². The Morgan fingerprint density at radius 1 is 0.903 bits per heavy atom. The minimum absolute atomic E-state index is 0.122. The molecule has 31 heavy (non-hydrogen) atoms. The number of hydrogen-bond acceptors (Lipinski definition) is 5. The van der Waals surface area contributed by atoms with Crippen LogP contribution in [0, 0.1) is 17.6 Å². The molecule has 2 aromatic rings. The van der Waals surface area contributed by atoms with E-state index < -0.39 is 47.3 Å². The fourth-order valence-corrected chi connectivity index (χ4v) is 2.82. The Bertz CT molecular complexity index is 872. The van der Waals surface area contributed by atoms with E-state index in [0.29, 0.717) is 11.3 Å². The average Bonchev–Trinajstić information content (AvgIpc) is 2.66. The molecule has 0 fully saturated rings. The second-order valence-electron chi connectivity index (χ2n) is 8.38. The number of esters is 2. The highest BCUT2D eigenvalue weighted by molar-refractivity contribution is 5.79. The van der Waals surface area contributed by atoms with Gasteiger partial charge in [-0.25, -0.2) is 8.78 Å². The van der Waals surface area contributed by atoms with Crippen LogP contribution in [0.5, 0.6) is 5.75 Å². The second-order valence-corrected chi connectivity index (χ2v) is 8.38. The number of carbonyl (C=O) groups excluding carboxylic acids is 2. The first kappa shape index (κ1) is 24.3. The number of halogens is 2. The van der Waals surface area contributed by atoms with Gasteiger partial charge in [-0.1, -0.05) is 19.1 Å². The molecule has 0 bridgehead atoms. The molecule has 0 saturated heterocycles. The van der Waals surface area contributed by atoms with Crippen molar-refractivity contribution < 1.29 is 32.6 Å². The van der Waals surface area contributed by atoms with E-state index in [0.717, 1.165) is 0 Å². The number of benzene rings is 2. The molecular formula is C24H28F2O5. The molecular weight excluding hydrogens is 406 g/mol. The third-order valence-corrected chi connectivity index (χ3v) is 4.30. The zero-order valence-electron chi connectivity index (χ0n) is 18.4. The molecule has 0 aliphatic carbocycles. The van der Waals surface area contributed by atoms with E-state index in [1.807, 2.05) is 0 Å². The van der Waals surface area contributed by atoms with E-state index >= 15 is 0 Å². The zero-order valence-corrected chi connectivity index (χ0v) is 18.4. The van der Waals surface area contributed by atoms with E-state index in [2.05, 4.69) is 0 Å². The van der Waals surface area contributed by atoms with Crippen molar-refractivity contribution in [2.24, 2.45) is 5.92 Å². The lowest BCUT2D eigenvalue weighted by atomic mass is 10.0. The van der Waals surface area contributed by atoms with E-state index in [4.69, 9.17) is 14.2 Å². The first-order valence-electron chi connectivity index (χ1n) is 10.0. The number of carbonyl (C=O) groups is 2. The Kier molecular flexibility index (Phi) is 8.14. The first-order valence-corrected chi connectivity index (χ1v) is 10.0. The Morgan fingerprint density at radius 3 is 1.94 bits per heavy atom. The molecule has 2 rings (SSSR count). The molecule has 0 spiro atoms. The predicted octanol–water partition coefficient (Wildman–Crippen LogP) is 5.38. The van der Waals surface area contributed by atoms with Crippen molar-refractivity contribution in [3.05, 3.63) is 65.7 Å². The first-order chi connectivity index (χ1) is 14.4. The van der Waals surface area contributed by atoms with Crippen LogP contribution in [0.3, 0.4) is 0 Å². The number of ether oxygens (including phenoxy) is 3. The largest absolute Gasteiger partial charge is 0.482 e. The molecule has 2 aromatic carbocycles. The SMILES string of the molecule is C[C@H](CC(=O)OC(C)(C)C)C(=O)O[C@@H](C)C(Oc1ccc(F)cc1)c1ccc(F)cc1. The summed E-state index contributed by atoms with van der Waals surface area (Å²) in [5.41, 5.74) is -0.0733. The maximum atomic E-state index is 13.4. The maximum absolute atomic E-state index is 13.4. The van der Waals surface area contributed by atoms with Crippen LogP contribution in [0.25, 0.3) is 0 Å². The monoisotopic (exact) mass is 434 g/mol. The normalized spacial score (nSPS) is 14.3. The highest BCUT2D eigenvalue weighted by Gasteiger charge is 2.29. The molecule has 7 heteroatoms. The van der Waals surface area contributed by atoms with Gasteiger partial charge in [-0.05, 0) is 69.7 Å². The molecule has 0 aliphatic rings. The maximum Gasteiger partial charge on any atom is 0.309 e. The topological polar surface area (TPSA) is 61.8 Å². The van der Waals surface area contributed by atoms with Gasteiger partial charge in [-0.2, -0.15) is 0 Å². The highest BCUT2D eigenvalue weighted by atomic mass is 19.1. The van der Waals surface area contributed by atoms with Gasteiger partial charge in [0.05, 0.1) is 12.3 Å². The van der Waals surface area contributed by atoms with Crippen LogP contribution in [0.2, 0.25) is 0 Å². The van der Waals surface area contributed by atoms with Crippen molar-refractivity contribution >= 4 is 11.9 Å². The van der Waals surface area contributed by atoms with Crippen LogP contribution >= 0.6 is 0 Å². The molecule has 0 aromatic heterocycles. The van der Waals surface area contributed by atoms with Crippen LogP contribution in [0.4, 0.5) is 8.78 Å². The average molecular weight is 434 g/mol. The summed E-state index contributed by atoms with van der Waals surface area (Å²) < 4.78 is 43.3. The van der Waals surface area contributed by atoms with Gasteiger partial charge >= 0.3 is 11.9 Å². The number of rotatable bonds is 8. The van der Waals surface area contributed by atoms with E-state index in [1.54, 1.807) is 34.6 Å². The summed E-state index contributed by atoms with van der Waals surface area (Å²) in [4.78, 5) is 24.5. The highest BCUT2D eigenvalue weighted by Crippen LogP contribution is 2.28. The molecule has 0 heterocycles. The molecule has 1 unspecified atom stereocenters. The smallest absolute Gasteiger partial charge is 0.309 e. The standard InChI is InChI=1S/C24H28F2O5/c1-15(14-21(27)31-24(3,4)5)23(28)29-16(2)22(17-6-8-18(25)9-7-17)30-20-12-10-19(26)11-13-20/h6-13,15-16,22H,14H2,1-5H3/t15-,16+,22?/m1/s1. The molecule has 168 valence electrons. The van der Waals surface area contributed by atoms with Crippen molar-refractivity contribution in [3.63, 3.8) is 0 Å². The van der Waals surface area contributed by atoms with E-state index in [9.17, 15) is 18.4 Å². The minimum atomic E-state index is -0.774. The van der Waals surface area contributed by atoms with Crippen molar-refractivity contribution in [1.82, 2.24) is 0 Å². The third kappa shape index (κ3) is 8.00. The fourth-order valence-electron chi connectivity index (χ4n) is 2.82. The van der Waals surface area contributed by atoms with Gasteiger partial charge < -0.3 is 14.2 Å². The molecule has 0 aliphatic heterocycles. The molecule has 0 N–H and O–H groups in total. The molecule has 3 atom stereocenters. The van der Waals surface area contributed by atoms with Gasteiger partial charge in [0.15, 0.2) is 6.10 Å². The predicted molar refractivity (Wildman–Crippen MR) is 111 cm³/mol. The second kappa shape index (κ2) is 10.4. The summed E-state index contributed by atoms with van der Waals surface area (Å²) in [7, 11) is 0. The van der Waals surface area contributed by atoms with Crippen LogP contribution in [-0.4, -0.2) is 23.6 Å². The Morgan fingerprint density at radius 2 is 1.42 bits per heavy atom. The number of hydrogen-bond donors (Lipinski definition) is 0. The van der Waals surface area contributed by atoms with E-state index in [1.165, 1.54) is 48.5 Å². The van der Waals surface area contributed by atoms with Gasteiger partial charge in [-0.15, -0.1) is 0 Å². The van der Waals surface area contributed by atoms with Crippen LogP contribution in [0.1, 0.15) is 52.7 Å². The third-order valence-electron chi connectivity index (χ3n) is 4.30. The van der Waals surface area contributed by atoms with Crippen molar-refractivity contribution in [1.29, 1.82) is 0 Å². The minimum Gasteiger partial charge on any atom is -0.482 e. The van der Waals surface area contributed by atoms with Crippen LogP contribution < -0.4 is 4.74 Å². The molecule has 5 nitrogen and oxygen atoms in total. The van der Waals surface area contributed by atoms with Gasteiger partial charge in [-0.3, -0.25) is 9.59 Å². The molecule has 0 amide bonds. The van der Waals surface area contributed by atoms with Gasteiger partial charge in [0.1, 0.15) is 29.1 Å². The zero-order chi connectivity index (χ0) is 23.2. The lowest BCUT2D eigenvalue weighted by Gasteiger charge is -2.27. The summed E-state index contributed by atoms with van der Waals surface area (Å²) in [5, 5.41) is 0. The van der Waals surface area contributed by atoms with Gasteiger partial charge in [0.25, 0.3) is 0 Å². The summed E-state index contributed by atoms with van der Waals surface area (Å²) in [6.45, 7) is 8.45. The fraction of sp³-hybridized carbons (Fsp3) is 0.417. The summed E-state index contributed by atoms with van der Waals surface area (Å²) in [5.74, 6) is -2.28. The Labute approximate surface area is 181 Å². The molecule has 0 radical (unpaired) electrons. The van der Waals surface area contributed by atoms with Crippen molar-refractivity contribution in [2.45, 2.75) is 58.8 Å². The molecule has 0 saturated carbocycles. The summed E-state index contributed by atoms with van der Waals surface area (Å²) in [6.07, 6.45) is -1.67.